The van der Waals surface area contributed by atoms with Gasteiger partial charge in [0.05, 0.1) is 5.02 Å². The van der Waals surface area contributed by atoms with Crippen molar-refractivity contribution in [3.05, 3.63) is 64.9 Å². The van der Waals surface area contributed by atoms with Crippen LogP contribution in [0.4, 0.5) is 4.39 Å². The number of thioether (sulfide) groups is 1. The third kappa shape index (κ3) is 4.51. The molecule has 1 unspecified atom stereocenters. The maximum atomic E-state index is 13.1. The van der Waals surface area contributed by atoms with Crippen LogP contribution in [0.25, 0.3) is 0 Å². The highest BCUT2D eigenvalue weighted by atomic mass is 35.5. The summed E-state index contributed by atoms with van der Waals surface area (Å²) in [4.78, 5) is 1.25. The minimum absolute atomic E-state index is 0.188. The van der Waals surface area contributed by atoms with Gasteiger partial charge >= 0.3 is 0 Å². The van der Waals surface area contributed by atoms with Crippen LogP contribution < -0.4 is 5.32 Å². The second-order valence-corrected chi connectivity index (χ2v) is 6.06. The number of nitrogens with one attached hydrogen (secondary N) is 1. The molecule has 106 valence electrons. The number of halogens is 2. The van der Waals surface area contributed by atoms with E-state index in [2.05, 4.69) is 17.4 Å². The third-order valence-corrected chi connectivity index (χ3v) is 4.53. The first kappa shape index (κ1) is 15.4. The van der Waals surface area contributed by atoms with Crippen molar-refractivity contribution in [2.45, 2.75) is 17.4 Å². The molecule has 0 amide bonds. The summed E-state index contributed by atoms with van der Waals surface area (Å²) < 4.78 is 13.1. The van der Waals surface area contributed by atoms with Crippen molar-refractivity contribution in [2.24, 2.45) is 0 Å². The molecule has 0 saturated carbocycles. The third-order valence-electron chi connectivity index (χ3n) is 3.07. The zero-order valence-electron chi connectivity index (χ0n) is 11.3. The monoisotopic (exact) mass is 309 g/mol. The molecule has 2 aromatic rings. The molecule has 20 heavy (non-hydrogen) atoms. The molecule has 0 aliphatic carbocycles. The highest BCUT2D eigenvalue weighted by Gasteiger charge is 2.09. The maximum absolute atomic E-state index is 13.1. The maximum Gasteiger partial charge on any atom is 0.141 e. The Morgan fingerprint density at radius 1 is 1.20 bits per heavy atom. The number of rotatable bonds is 6. The van der Waals surface area contributed by atoms with Gasteiger partial charge in [-0.1, -0.05) is 35.9 Å². The number of likely N-dealkylation sites (N-methyl/N-ethyl adjacent to an activating group) is 1. The van der Waals surface area contributed by atoms with Crippen LogP contribution in [0, 0.1) is 5.82 Å². The topological polar surface area (TPSA) is 12.0 Å². The van der Waals surface area contributed by atoms with Crippen molar-refractivity contribution in [3.8, 4) is 0 Å². The van der Waals surface area contributed by atoms with E-state index in [-0.39, 0.29) is 10.8 Å². The van der Waals surface area contributed by atoms with Crippen molar-refractivity contribution in [1.29, 1.82) is 0 Å². The lowest BCUT2D eigenvalue weighted by Crippen LogP contribution is -2.30. The van der Waals surface area contributed by atoms with Crippen molar-refractivity contribution in [3.63, 3.8) is 0 Å². The molecule has 4 heteroatoms. The molecular formula is C16H17ClFNS. The molecule has 0 radical (unpaired) electrons. The van der Waals surface area contributed by atoms with E-state index in [4.69, 9.17) is 11.6 Å². The zero-order valence-corrected chi connectivity index (χ0v) is 12.8. The van der Waals surface area contributed by atoms with Gasteiger partial charge in [-0.15, -0.1) is 11.8 Å². The lowest BCUT2D eigenvalue weighted by Gasteiger charge is -2.16. The average molecular weight is 310 g/mol. The molecule has 0 aromatic heterocycles. The highest BCUT2D eigenvalue weighted by molar-refractivity contribution is 7.99. The number of hydrogen-bond donors (Lipinski definition) is 1. The molecule has 0 bridgehead atoms. The van der Waals surface area contributed by atoms with Crippen molar-refractivity contribution >= 4 is 23.4 Å². The Labute approximate surface area is 128 Å². The van der Waals surface area contributed by atoms with Crippen LogP contribution in [0.5, 0.6) is 0 Å². The summed E-state index contributed by atoms with van der Waals surface area (Å²) in [5.41, 5.74) is 1.05. The van der Waals surface area contributed by atoms with Gasteiger partial charge < -0.3 is 5.32 Å². The van der Waals surface area contributed by atoms with Crippen LogP contribution in [-0.4, -0.2) is 18.8 Å². The van der Waals surface area contributed by atoms with Crippen molar-refractivity contribution in [1.82, 2.24) is 5.32 Å². The minimum atomic E-state index is -0.366. The Bertz CT molecular complexity index is 547. The Kier molecular flexibility index (Phi) is 5.89. The molecule has 0 aliphatic heterocycles. The van der Waals surface area contributed by atoms with Gasteiger partial charge in [-0.05, 0) is 43.3 Å². The van der Waals surface area contributed by atoms with Crippen LogP contribution in [0.2, 0.25) is 5.02 Å². The molecule has 1 N–H and O–H groups in total. The van der Waals surface area contributed by atoms with Crippen LogP contribution in [-0.2, 0) is 6.42 Å². The summed E-state index contributed by atoms with van der Waals surface area (Å²) in [6.07, 6.45) is 0.830. The Hall–Kier alpha value is -1.03. The molecule has 0 heterocycles. The largest absolute Gasteiger partial charge is 0.316 e. The molecule has 0 saturated heterocycles. The summed E-state index contributed by atoms with van der Waals surface area (Å²) >= 11 is 7.62. The Morgan fingerprint density at radius 2 is 1.95 bits per heavy atom. The van der Waals surface area contributed by atoms with Gasteiger partial charge in [0.25, 0.3) is 0 Å². The van der Waals surface area contributed by atoms with Gasteiger partial charge in [-0.25, -0.2) is 4.39 Å². The predicted octanol–water partition coefficient (Wildman–Crippen LogP) is 4.40. The van der Waals surface area contributed by atoms with Crippen LogP contribution >= 0.6 is 23.4 Å². The quantitative estimate of drug-likeness (QED) is 0.794. The smallest absolute Gasteiger partial charge is 0.141 e. The molecule has 2 rings (SSSR count). The van der Waals surface area contributed by atoms with E-state index in [1.807, 2.05) is 37.0 Å². The molecule has 1 nitrogen and oxygen atoms in total. The summed E-state index contributed by atoms with van der Waals surface area (Å²) in [6, 6.07) is 15.5. The van der Waals surface area contributed by atoms with Gasteiger partial charge in [0, 0.05) is 16.7 Å². The van der Waals surface area contributed by atoms with Crippen molar-refractivity contribution < 1.29 is 4.39 Å². The Morgan fingerprint density at radius 3 is 2.60 bits per heavy atom. The first-order valence-electron chi connectivity index (χ1n) is 6.48. The van der Waals surface area contributed by atoms with E-state index in [1.54, 1.807) is 12.1 Å². The first-order valence-corrected chi connectivity index (χ1v) is 7.84. The van der Waals surface area contributed by atoms with E-state index < -0.39 is 0 Å². The lowest BCUT2D eigenvalue weighted by molar-refractivity contribution is 0.610. The predicted molar refractivity (Wildman–Crippen MR) is 85.1 cm³/mol. The minimum Gasteiger partial charge on any atom is -0.316 e. The second-order valence-electron chi connectivity index (χ2n) is 4.56. The highest BCUT2D eigenvalue weighted by Crippen LogP contribution is 2.21. The van der Waals surface area contributed by atoms with E-state index >= 15 is 0 Å². The van der Waals surface area contributed by atoms with Gasteiger partial charge in [0.1, 0.15) is 5.82 Å². The van der Waals surface area contributed by atoms with Crippen molar-refractivity contribution in [2.75, 3.05) is 12.8 Å². The van der Waals surface area contributed by atoms with E-state index in [9.17, 15) is 4.39 Å². The van der Waals surface area contributed by atoms with Gasteiger partial charge in [0.2, 0.25) is 0 Å². The fourth-order valence-corrected chi connectivity index (χ4v) is 3.14. The molecule has 0 spiro atoms. The first-order chi connectivity index (χ1) is 9.69. The number of hydrogen-bond acceptors (Lipinski definition) is 2. The van der Waals surface area contributed by atoms with Gasteiger partial charge in [0.15, 0.2) is 0 Å². The van der Waals surface area contributed by atoms with E-state index in [0.717, 1.165) is 17.7 Å². The summed E-state index contributed by atoms with van der Waals surface area (Å²) in [6.45, 7) is 0. The van der Waals surface area contributed by atoms with Gasteiger partial charge in [-0.3, -0.25) is 0 Å². The second kappa shape index (κ2) is 7.67. The standard InChI is InChI=1S/C16H17ClFNS/c1-19-13(11-20-14-5-3-2-4-6-14)9-12-7-8-16(18)15(17)10-12/h2-8,10,13,19H,9,11H2,1H3. The van der Waals surface area contributed by atoms with Crippen LogP contribution in [0.3, 0.4) is 0 Å². The fraction of sp³-hybridized carbons (Fsp3) is 0.250. The number of benzene rings is 2. The average Bonchev–Trinajstić information content (AvgIpc) is 2.48. The van der Waals surface area contributed by atoms with Crippen LogP contribution in [0.15, 0.2) is 53.4 Å². The summed E-state index contributed by atoms with van der Waals surface area (Å²) in [5.74, 6) is 0.588. The van der Waals surface area contributed by atoms with Crippen LogP contribution in [0.1, 0.15) is 5.56 Å². The normalized spacial score (nSPS) is 12.3. The summed E-state index contributed by atoms with van der Waals surface area (Å²) in [5, 5.41) is 3.49. The zero-order chi connectivity index (χ0) is 14.4. The molecular weight excluding hydrogens is 293 g/mol. The lowest BCUT2D eigenvalue weighted by atomic mass is 10.1. The molecule has 0 aliphatic rings. The van der Waals surface area contributed by atoms with E-state index in [1.165, 1.54) is 11.0 Å². The molecule has 0 fully saturated rings. The van der Waals surface area contributed by atoms with Gasteiger partial charge in [-0.2, -0.15) is 0 Å². The Balaban J connectivity index is 1.93. The molecule has 2 aromatic carbocycles. The fourth-order valence-electron chi connectivity index (χ4n) is 1.91. The summed E-state index contributed by atoms with van der Waals surface area (Å²) in [7, 11) is 1.95. The SMILES string of the molecule is CNC(CSc1ccccc1)Cc1ccc(F)c(Cl)c1. The molecule has 1 atom stereocenters. The van der Waals surface area contributed by atoms with E-state index in [0.29, 0.717) is 6.04 Å².